The van der Waals surface area contributed by atoms with E-state index in [1.165, 1.54) is 6.08 Å². The molecule has 0 fully saturated rings. The fraction of sp³-hybridized carbons (Fsp3) is 0.636. The molecule has 0 atom stereocenters. The second kappa shape index (κ2) is 5.09. The standard InChI is InChI=1S/C11H18N2O4S/c1-8(2)5-9(12-14)7-18(15,16)10-6-11(3,4)17-13-10/h5,14H,6-7H2,1-4H3. The highest BCUT2D eigenvalue weighted by atomic mass is 32.2. The van der Waals surface area contributed by atoms with Crippen LogP contribution in [0.15, 0.2) is 22.0 Å². The maximum absolute atomic E-state index is 12.0. The molecule has 1 N–H and O–H groups in total. The van der Waals surface area contributed by atoms with Crippen molar-refractivity contribution < 1.29 is 18.5 Å². The smallest absolute Gasteiger partial charge is 0.200 e. The van der Waals surface area contributed by atoms with Crippen LogP contribution >= 0.6 is 0 Å². The molecule has 102 valence electrons. The summed E-state index contributed by atoms with van der Waals surface area (Å²) >= 11 is 0. The normalized spacial score (nSPS) is 19.1. The molecule has 0 spiro atoms. The molecule has 0 aromatic rings. The number of rotatable bonds is 3. The average molecular weight is 274 g/mol. The zero-order valence-corrected chi connectivity index (χ0v) is 11.8. The first kappa shape index (κ1) is 14.7. The Kier molecular flexibility index (Phi) is 4.16. The van der Waals surface area contributed by atoms with Gasteiger partial charge in [-0.1, -0.05) is 15.9 Å². The van der Waals surface area contributed by atoms with E-state index in [0.29, 0.717) is 0 Å². The number of oxime groups is 2. The average Bonchev–Trinajstić information content (AvgIpc) is 2.57. The van der Waals surface area contributed by atoms with E-state index in [1.807, 2.05) is 0 Å². The molecule has 0 aromatic carbocycles. The molecular formula is C11H18N2O4S. The lowest BCUT2D eigenvalue weighted by molar-refractivity contribution is 0.0123. The molecule has 1 rings (SSSR count). The van der Waals surface area contributed by atoms with Crippen molar-refractivity contribution in [3.05, 3.63) is 11.6 Å². The summed E-state index contributed by atoms with van der Waals surface area (Å²) in [6, 6.07) is 0. The summed E-state index contributed by atoms with van der Waals surface area (Å²) in [6.45, 7) is 7.10. The van der Waals surface area contributed by atoms with Gasteiger partial charge in [-0.2, -0.15) is 0 Å². The largest absolute Gasteiger partial charge is 0.411 e. The zero-order chi connectivity index (χ0) is 14.0. The number of sulfone groups is 1. The molecule has 0 saturated heterocycles. The van der Waals surface area contributed by atoms with Gasteiger partial charge in [-0.3, -0.25) is 0 Å². The Morgan fingerprint density at radius 3 is 2.56 bits per heavy atom. The Morgan fingerprint density at radius 2 is 2.17 bits per heavy atom. The topological polar surface area (TPSA) is 88.3 Å². The van der Waals surface area contributed by atoms with E-state index in [4.69, 9.17) is 10.0 Å². The summed E-state index contributed by atoms with van der Waals surface area (Å²) in [5, 5.41) is 15.4. The maximum Gasteiger partial charge on any atom is 0.200 e. The van der Waals surface area contributed by atoms with Crippen LogP contribution in [0.4, 0.5) is 0 Å². The predicted molar refractivity (Wildman–Crippen MR) is 69.7 cm³/mol. The van der Waals surface area contributed by atoms with Crippen LogP contribution in [-0.4, -0.2) is 35.7 Å². The molecule has 0 aliphatic carbocycles. The molecule has 6 nitrogen and oxygen atoms in total. The van der Waals surface area contributed by atoms with E-state index in [1.54, 1.807) is 27.7 Å². The van der Waals surface area contributed by atoms with Crippen molar-refractivity contribution in [1.82, 2.24) is 0 Å². The number of hydrogen-bond donors (Lipinski definition) is 1. The molecule has 1 aliphatic rings. The molecular weight excluding hydrogens is 256 g/mol. The van der Waals surface area contributed by atoms with Gasteiger partial charge in [0.15, 0.2) is 5.04 Å². The van der Waals surface area contributed by atoms with Gasteiger partial charge in [-0.15, -0.1) is 0 Å². The van der Waals surface area contributed by atoms with Crippen molar-refractivity contribution in [1.29, 1.82) is 0 Å². The molecule has 7 heteroatoms. The van der Waals surface area contributed by atoms with Gasteiger partial charge in [0, 0.05) is 6.42 Å². The Bertz CT molecular complexity index is 511. The second-order valence-electron chi connectivity index (χ2n) is 5.08. The molecule has 0 saturated carbocycles. The second-order valence-corrected chi connectivity index (χ2v) is 7.07. The Hall–Kier alpha value is -1.37. The third kappa shape index (κ3) is 3.83. The van der Waals surface area contributed by atoms with Crippen LogP contribution in [0, 0.1) is 0 Å². The summed E-state index contributed by atoms with van der Waals surface area (Å²) in [5.74, 6) is -0.382. The van der Waals surface area contributed by atoms with E-state index in [9.17, 15) is 8.42 Å². The molecule has 18 heavy (non-hydrogen) atoms. The maximum atomic E-state index is 12.0. The van der Waals surface area contributed by atoms with Crippen molar-refractivity contribution in [2.75, 3.05) is 5.75 Å². The zero-order valence-electron chi connectivity index (χ0n) is 11.0. The first-order valence-corrected chi connectivity index (χ1v) is 7.15. The van der Waals surface area contributed by atoms with Crippen LogP contribution < -0.4 is 0 Å². The minimum absolute atomic E-state index is 0.00388. The quantitative estimate of drug-likeness (QED) is 0.482. The Labute approximate surface area is 107 Å². The molecule has 1 aliphatic heterocycles. The van der Waals surface area contributed by atoms with Gasteiger partial charge < -0.3 is 10.0 Å². The highest BCUT2D eigenvalue weighted by molar-refractivity contribution is 8.07. The minimum atomic E-state index is -3.60. The van der Waals surface area contributed by atoms with Gasteiger partial charge in [0.2, 0.25) is 9.84 Å². The number of hydrogen-bond acceptors (Lipinski definition) is 6. The van der Waals surface area contributed by atoms with Gasteiger partial charge in [-0.25, -0.2) is 8.42 Å². The predicted octanol–water partition coefficient (Wildman–Crippen LogP) is 1.71. The molecule has 0 radical (unpaired) electrons. The van der Waals surface area contributed by atoms with Gasteiger partial charge in [0.05, 0.1) is 5.71 Å². The lowest BCUT2D eigenvalue weighted by Crippen LogP contribution is -2.26. The SMILES string of the molecule is CC(C)=CC(CS(=O)(=O)C1=NOC(C)(C)C1)=NO. The molecule has 0 amide bonds. The van der Waals surface area contributed by atoms with E-state index in [2.05, 4.69) is 10.3 Å². The summed E-state index contributed by atoms with van der Waals surface area (Å²) in [4.78, 5) is 5.03. The lowest BCUT2D eigenvalue weighted by Gasteiger charge is -2.13. The third-order valence-corrected chi connectivity index (χ3v) is 3.86. The molecule has 0 bridgehead atoms. The lowest BCUT2D eigenvalue weighted by atomic mass is 10.1. The van der Waals surface area contributed by atoms with Gasteiger partial charge in [0.1, 0.15) is 11.4 Å². The van der Waals surface area contributed by atoms with Gasteiger partial charge in [-0.05, 0) is 33.8 Å². The summed E-state index contributed by atoms with van der Waals surface area (Å²) in [6.07, 6.45) is 1.74. The highest BCUT2D eigenvalue weighted by Gasteiger charge is 2.36. The van der Waals surface area contributed by atoms with Crippen molar-refractivity contribution in [2.24, 2.45) is 10.3 Å². The summed E-state index contributed by atoms with van der Waals surface area (Å²) < 4.78 is 24.1. The fourth-order valence-electron chi connectivity index (χ4n) is 1.48. The third-order valence-electron chi connectivity index (χ3n) is 2.25. The van der Waals surface area contributed by atoms with Crippen LogP contribution in [0.2, 0.25) is 0 Å². The molecule has 1 heterocycles. The molecule has 0 unspecified atom stereocenters. The Morgan fingerprint density at radius 1 is 1.56 bits per heavy atom. The van der Waals surface area contributed by atoms with Crippen LogP contribution in [0.1, 0.15) is 34.1 Å². The highest BCUT2D eigenvalue weighted by Crippen LogP contribution is 2.25. The van der Waals surface area contributed by atoms with Crippen LogP contribution in [0.25, 0.3) is 0 Å². The number of allylic oxidation sites excluding steroid dienone is 2. The van der Waals surface area contributed by atoms with Crippen LogP contribution in [-0.2, 0) is 14.7 Å². The first-order valence-electron chi connectivity index (χ1n) is 5.50. The van der Waals surface area contributed by atoms with Crippen molar-refractivity contribution in [2.45, 2.75) is 39.7 Å². The van der Waals surface area contributed by atoms with Crippen molar-refractivity contribution >= 4 is 20.6 Å². The van der Waals surface area contributed by atoms with Crippen LogP contribution in [0.5, 0.6) is 0 Å². The minimum Gasteiger partial charge on any atom is -0.411 e. The number of nitrogens with zero attached hydrogens (tertiary/aromatic N) is 2. The first-order chi connectivity index (χ1) is 8.16. The van der Waals surface area contributed by atoms with E-state index >= 15 is 0 Å². The van der Waals surface area contributed by atoms with Gasteiger partial charge in [0.25, 0.3) is 0 Å². The Balaban J connectivity index is 2.87. The van der Waals surface area contributed by atoms with Crippen LogP contribution in [0.3, 0.4) is 0 Å². The summed E-state index contributed by atoms with van der Waals surface area (Å²) in [5.41, 5.74) is 0.334. The molecule has 0 aromatic heterocycles. The van der Waals surface area contributed by atoms with Crippen molar-refractivity contribution in [3.63, 3.8) is 0 Å². The van der Waals surface area contributed by atoms with E-state index in [0.717, 1.165) is 5.57 Å². The van der Waals surface area contributed by atoms with E-state index in [-0.39, 0.29) is 22.9 Å². The fourth-order valence-corrected chi connectivity index (χ4v) is 2.90. The summed E-state index contributed by atoms with van der Waals surface area (Å²) in [7, 11) is -3.60. The van der Waals surface area contributed by atoms with E-state index < -0.39 is 15.4 Å². The van der Waals surface area contributed by atoms with Gasteiger partial charge >= 0.3 is 0 Å². The monoisotopic (exact) mass is 274 g/mol. The van der Waals surface area contributed by atoms with Crippen molar-refractivity contribution in [3.8, 4) is 0 Å².